The largest absolute Gasteiger partial charge is 0.408 e. The Bertz CT molecular complexity index is 1590. The topological polar surface area (TPSA) is 59.0 Å². The van der Waals surface area contributed by atoms with E-state index in [2.05, 4.69) is 57.9 Å². The Morgan fingerprint density at radius 1 is 0.474 bits per heavy atom. The third-order valence-corrected chi connectivity index (χ3v) is 10.6. The molecule has 2 saturated heterocycles. The summed E-state index contributed by atoms with van der Waals surface area (Å²) in [5.41, 5.74) is 3.25. The van der Waals surface area contributed by atoms with E-state index in [-0.39, 0.29) is 0 Å². The summed E-state index contributed by atoms with van der Waals surface area (Å²) in [5, 5.41) is 4.29. The van der Waals surface area contributed by atoms with Crippen LogP contribution in [-0.2, 0) is 0 Å². The zero-order valence-electron chi connectivity index (χ0n) is 21.4. The fourth-order valence-electron chi connectivity index (χ4n) is 5.42. The van der Waals surface area contributed by atoms with Crippen LogP contribution in [0.4, 0.5) is 0 Å². The van der Waals surface area contributed by atoms with E-state index in [1.165, 1.54) is 12.8 Å². The molecule has 196 valence electrons. The van der Waals surface area contributed by atoms with Gasteiger partial charge in [0.1, 0.15) is 22.3 Å². The van der Waals surface area contributed by atoms with Gasteiger partial charge in [0, 0.05) is 37.0 Å². The Kier molecular flexibility index (Phi) is 6.81. The lowest BCUT2D eigenvalue weighted by Crippen LogP contribution is -2.26. The van der Waals surface area contributed by atoms with Crippen molar-refractivity contribution >= 4 is 60.2 Å². The summed E-state index contributed by atoms with van der Waals surface area (Å²) in [6.45, 7) is 3.92. The lowest BCUT2D eigenvalue weighted by molar-refractivity contribution is 0.557. The highest BCUT2D eigenvalue weighted by Gasteiger charge is 2.18. The Balaban J connectivity index is 1.59. The van der Waals surface area contributed by atoms with Gasteiger partial charge in [-0.2, -0.15) is 0 Å². The quantitative estimate of drug-likeness (QED) is 0.220. The molecule has 4 aromatic carbocycles. The van der Waals surface area contributed by atoms with Gasteiger partial charge in [0.25, 0.3) is 0 Å². The van der Waals surface area contributed by atoms with Gasteiger partial charge in [-0.3, -0.25) is 0 Å². The number of hydrogen-bond donors (Lipinski definition) is 0. The second-order valence-corrected chi connectivity index (χ2v) is 13.0. The number of fused-ring (bicyclic) bond motifs is 2. The van der Waals surface area contributed by atoms with Crippen molar-refractivity contribution in [1.29, 1.82) is 0 Å². The van der Waals surface area contributed by atoms with Gasteiger partial charge in [0.2, 0.25) is 0 Å². The van der Waals surface area contributed by atoms with Gasteiger partial charge >= 0.3 is 16.3 Å². The summed E-state index contributed by atoms with van der Waals surface area (Å²) in [7, 11) is -2.67. The number of piperidine rings is 2. The summed E-state index contributed by atoms with van der Waals surface area (Å²) in [6.07, 6.45) is 7.16. The fraction of sp³-hybridized carbons (Fsp3) is 0.333. The summed E-state index contributed by atoms with van der Waals surface area (Å²) in [4.78, 5) is 0. The van der Waals surface area contributed by atoms with Crippen molar-refractivity contribution < 1.29 is 16.8 Å². The minimum absolute atomic E-state index is 0.798. The first kappa shape index (κ1) is 24.2. The molecule has 6 nitrogen and oxygen atoms in total. The molecule has 2 aliphatic rings. The molecule has 4 bridgehead atoms. The third-order valence-electron chi connectivity index (χ3n) is 7.47. The Hall–Kier alpha value is -2.88. The van der Waals surface area contributed by atoms with Crippen molar-refractivity contribution in [1.82, 2.24) is 0 Å². The second-order valence-electron chi connectivity index (χ2n) is 10.1. The maximum Gasteiger partial charge on any atom is 0.309 e. The predicted octanol–water partition coefficient (Wildman–Crippen LogP) is 9.70. The molecule has 0 N–H and O–H groups in total. The molecule has 2 atom stereocenters. The molecule has 2 fully saturated rings. The van der Waals surface area contributed by atoms with Gasteiger partial charge in [-0.1, -0.05) is 49.2 Å². The van der Waals surface area contributed by atoms with Crippen molar-refractivity contribution in [2.75, 3.05) is 35.5 Å². The minimum Gasteiger partial charge on any atom is -0.408 e. The maximum atomic E-state index is 6.75. The molecule has 8 heteroatoms. The molecule has 7 rings (SSSR count). The highest BCUT2D eigenvalue weighted by molar-refractivity contribution is 7.39. The number of hydrogen-bond acceptors (Lipinski definition) is 6. The van der Waals surface area contributed by atoms with E-state index in [0.717, 1.165) is 95.7 Å². The van der Waals surface area contributed by atoms with Crippen LogP contribution in [0.3, 0.4) is 0 Å². The molecular formula is C30H32N2O4P2. The number of rotatable bonds is 2. The Morgan fingerprint density at radius 2 is 0.921 bits per heavy atom. The van der Waals surface area contributed by atoms with Crippen molar-refractivity contribution in [3.05, 3.63) is 72.8 Å². The average Bonchev–Trinajstić information content (AvgIpc) is 2.97. The standard InChI is InChI=1S/C30H32N2O4P2/c1-3-17-31(18-4-1)37-33-25-15-13-24-10-8-12-30(28(24)21-25)36-38(32-19-5-2-6-20-32)34-26-16-14-23-9-7-11-29(35-37)27(23)22-26/h7-16,21-22H,1-6,17-20H2. The van der Waals surface area contributed by atoms with Gasteiger partial charge in [-0.15, -0.1) is 0 Å². The SMILES string of the molecule is c1cc2ccc3cc2c(c1)op(N1CCCCC1)oc1ccc2cccc(op(N4CCCCC4)o3)c2c1. The van der Waals surface area contributed by atoms with Crippen LogP contribution < -0.4 is 9.34 Å². The molecule has 3 heterocycles. The number of benzene rings is 4. The summed E-state index contributed by atoms with van der Waals surface area (Å²) >= 11 is 0. The highest BCUT2D eigenvalue weighted by Crippen LogP contribution is 2.38. The molecule has 0 aliphatic carbocycles. The molecule has 38 heavy (non-hydrogen) atoms. The molecular weight excluding hydrogens is 514 g/mol. The Labute approximate surface area is 223 Å². The van der Waals surface area contributed by atoms with Crippen molar-refractivity contribution in [3.63, 3.8) is 0 Å². The van der Waals surface area contributed by atoms with E-state index in [0.29, 0.717) is 0 Å². The predicted molar refractivity (Wildman–Crippen MR) is 159 cm³/mol. The lowest BCUT2D eigenvalue weighted by atomic mass is 10.1. The van der Waals surface area contributed by atoms with Crippen LogP contribution in [0.2, 0.25) is 0 Å². The van der Waals surface area contributed by atoms with Crippen LogP contribution >= 0.6 is 16.3 Å². The van der Waals surface area contributed by atoms with Crippen molar-refractivity contribution in [2.45, 2.75) is 38.5 Å². The van der Waals surface area contributed by atoms with Crippen LogP contribution in [0.25, 0.3) is 43.9 Å². The molecule has 0 radical (unpaired) electrons. The maximum absolute atomic E-state index is 6.75. The monoisotopic (exact) mass is 546 g/mol. The van der Waals surface area contributed by atoms with Gasteiger partial charge in [-0.05, 0) is 72.9 Å². The first-order valence-electron chi connectivity index (χ1n) is 13.7. The second kappa shape index (κ2) is 10.7. The van der Waals surface area contributed by atoms with Crippen LogP contribution in [0.1, 0.15) is 38.5 Å². The molecule has 0 amide bonds. The molecule has 1 aromatic heterocycles. The fourth-order valence-corrected chi connectivity index (χ4v) is 8.41. The van der Waals surface area contributed by atoms with E-state index in [1.807, 2.05) is 24.3 Å². The van der Waals surface area contributed by atoms with Gasteiger partial charge in [0.05, 0.1) is 0 Å². The van der Waals surface area contributed by atoms with Gasteiger partial charge in [-0.25, -0.2) is 9.34 Å². The molecule has 2 unspecified atom stereocenters. The van der Waals surface area contributed by atoms with Crippen LogP contribution in [0, 0.1) is 0 Å². The summed E-state index contributed by atoms with van der Waals surface area (Å²) < 4.78 is 31.6. The first-order valence-corrected chi connectivity index (χ1v) is 15.9. The highest BCUT2D eigenvalue weighted by atomic mass is 31.1. The molecule has 2 aliphatic heterocycles. The van der Waals surface area contributed by atoms with E-state index in [4.69, 9.17) is 16.8 Å². The van der Waals surface area contributed by atoms with Gasteiger partial charge in [0.15, 0.2) is 0 Å². The van der Waals surface area contributed by atoms with Crippen molar-refractivity contribution in [2.24, 2.45) is 0 Å². The average molecular weight is 547 g/mol. The van der Waals surface area contributed by atoms with Gasteiger partial charge < -0.3 is 16.8 Å². The van der Waals surface area contributed by atoms with Crippen molar-refractivity contribution in [3.8, 4) is 0 Å². The van der Waals surface area contributed by atoms with Crippen LogP contribution in [0.5, 0.6) is 0 Å². The van der Waals surface area contributed by atoms with Crippen LogP contribution in [-0.4, -0.2) is 26.2 Å². The lowest BCUT2D eigenvalue weighted by Gasteiger charge is -2.23. The Morgan fingerprint density at radius 3 is 1.37 bits per heavy atom. The van der Waals surface area contributed by atoms with E-state index in [9.17, 15) is 0 Å². The summed E-state index contributed by atoms with van der Waals surface area (Å²) in [6, 6.07) is 24.9. The smallest absolute Gasteiger partial charge is 0.309 e. The van der Waals surface area contributed by atoms with E-state index in [1.54, 1.807) is 0 Å². The zero-order valence-corrected chi connectivity index (χ0v) is 23.2. The molecule has 0 saturated carbocycles. The number of nitrogens with zero attached hydrogens (tertiary/aromatic N) is 2. The molecule has 0 spiro atoms. The van der Waals surface area contributed by atoms with Crippen LogP contribution in [0.15, 0.2) is 89.6 Å². The van der Waals surface area contributed by atoms with E-state index >= 15 is 0 Å². The third kappa shape index (κ3) is 4.95. The normalized spacial score (nSPS) is 18.2. The van der Waals surface area contributed by atoms with E-state index < -0.39 is 16.3 Å². The molecule has 5 aromatic rings. The first-order chi connectivity index (χ1) is 18.8. The minimum atomic E-state index is -1.34. The summed E-state index contributed by atoms with van der Waals surface area (Å²) in [5.74, 6) is 0. The zero-order chi connectivity index (χ0) is 25.3.